The van der Waals surface area contributed by atoms with Crippen LogP contribution in [0.5, 0.6) is 0 Å². The van der Waals surface area contributed by atoms with Crippen molar-refractivity contribution in [1.82, 2.24) is 15.1 Å². The summed E-state index contributed by atoms with van der Waals surface area (Å²) >= 11 is 0. The van der Waals surface area contributed by atoms with Gasteiger partial charge in [0, 0.05) is 32.2 Å². The quantitative estimate of drug-likeness (QED) is 0.799. The molecule has 1 aliphatic rings. The number of hydrogen-bond donors (Lipinski definition) is 2. The van der Waals surface area contributed by atoms with Crippen LogP contribution in [0.3, 0.4) is 0 Å². The van der Waals surface area contributed by atoms with Crippen molar-refractivity contribution < 1.29 is 0 Å². The van der Waals surface area contributed by atoms with Gasteiger partial charge in [-0.25, -0.2) is 0 Å². The molecule has 1 atom stereocenters. The zero-order chi connectivity index (χ0) is 11.5. The van der Waals surface area contributed by atoms with E-state index in [1.165, 1.54) is 6.42 Å². The largest absolute Gasteiger partial charge is 0.382 e. The lowest BCUT2D eigenvalue weighted by atomic mass is 10.2. The Morgan fingerprint density at radius 1 is 1.44 bits per heavy atom. The minimum atomic E-state index is 0.678. The molecule has 0 saturated carbocycles. The maximum Gasteiger partial charge on any atom is 0.142 e. The number of nitrogens with two attached hydrogens (primary N) is 1. The van der Waals surface area contributed by atoms with Gasteiger partial charge in [0.15, 0.2) is 0 Å². The summed E-state index contributed by atoms with van der Waals surface area (Å²) in [6.07, 6.45) is 3.03. The fourth-order valence-corrected chi connectivity index (χ4v) is 2.20. The minimum Gasteiger partial charge on any atom is -0.382 e. The lowest BCUT2D eigenvalue weighted by Gasteiger charge is -2.38. The summed E-state index contributed by atoms with van der Waals surface area (Å²) in [6.45, 7) is 8.83. The molecule has 1 fully saturated rings. The summed E-state index contributed by atoms with van der Waals surface area (Å²) in [5.41, 5.74) is 6.86. The maximum atomic E-state index is 5.82. The van der Waals surface area contributed by atoms with E-state index in [-0.39, 0.29) is 0 Å². The Labute approximate surface area is 96.6 Å². The van der Waals surface area contributed by atoms with Gasteiger partial charge in [0.2, 0.25) is 0 Å². The molecule has 0 aromatic carbocycles. The number of H-pyrrole nitrogens is 1. The average molecular weight is 223 g/mol. The Bertz CT molecular complexity index is 327. The van der Waals surface area contributed by atoms with Gasteiger partial charge >= 0.3 is 0 Å². The van der Waals surface area contributed by atoms with E-state index in [0.29, 0.717) is 11.9 Å². The topological polar surface area (TPSA) is 61.2 Å². The second-order valence-electron chi connectivity index (χ2n) is 4.45. The lowest BCUT2D eigenvalue weighted by molar-refractivity contribution is 0.193. The lowest BCUT2D eigenvalue weighted by Crippen LogP contribution is -2.49. The van der Waals surface area contributed by atoms with Crippen molar-refractivity contribution in [3.05, 3.63) is 6.20 Å². The van der Waals surface area contributed by atoms with Crippen molar-refractivity contribution in [2.45, 2.75) is 26.3 Å². The van der Waals surface area contributed by atoms with Crippen LogP contribution in [-0.4, -0.2) is 47.3 Å². The van der Waals surface area contributed by atoms with E-state index in [1.54, 1.807) is 0 Å². The Balaban J connectivity index is 1.93. The number of nitrogen functional groups attached to an aromatic ring is 1. The molecule has 0 amide bonds. The van der Waals surface area contributed by atoms with E-state index in [2.05, 4.69) is 33.8 Å². The molecular formula is C11H21N5. The number of nitrogens with one attached hydrogen (secondary N) is 1. The van der Waals surface area contributed by atoms with Crippen LogP contribution in [0.15, 0.2) is 6.20 Å². The van der Waals surface area contributed by atoms with E-state index in [4.69, 9.17) is 5.73 Å². The predicted molar refractivity (Wildman–Crippen MR) is 66.5 cm³/mol. The van der Waals surface area contributed by atoms with E-state index in [9.17, 15) is 0 Å². The van der Waals surface area contributed by atoms with Crippen molar-refractivity contribution in [2.75, 3.05) is 36.8 Å². The highest BCUT2D eigenvalue weighted by Gasteiger charge is 2.21. The van der Waals surface area contributed by atoms with Crippen molar-refractivity contribution in [1.29, 1.82) is 0 Å². The second-order valence-corrected chi connectivity index (χ2v) is 4.45. The van der Waals surface area contributed by atoms with Crippen LogP contribution in [0.4, 0.5) is 11.5 Å². The van der Waals surface area contributed by atoms with Gasteiger partial charge in [-0.05, 0) is 13.3 Å². The third-order valence-corrected chi connectivity index (χ3v) is 3.52. The van der Waals surface area contributed by atoms with Crippen LogP contribution < -0.4 is 10.6 Å². The average Bonchev–Trinajstić information content (AvgIpc) is 2.75. The third kappa shape index (κ3) is 2.14. The number of nitrogens with zero attached hydrogens (tertiary/aromatic N) is 3. The monoisotopic (exact) mass is 223 g/mol. The molecule has 1 aliphatic heterocycles. The summed E-state index contributed by atoms with van der Waals surface area (Å²) < 4.78 is 0. The van der Waals surface area contributed by atoms with Gasteiger partial charge in [0.25, 0.3) is 0 Å². The van der Waals surface area contributed by atoms with E-state index in [0.717, 1.165) is 31.9 Å². The third-order valence-electron chi connectivity index (χ3n) is 3.52. The first-order valence-corrected chi connectivity index (χ1v) is 6.00. The summed E-state index contributed by atoms with van der Waals surface area (Å²) in [7, 11) is 0. The van der Waals surface area contributed by atoms with Crippen LogP contribution in [0.25, 0.3) is 0 Å². The molecule has 3 N–H and O–H groups in total. The predicted octanol–water partition coefficient (Wildman–Crippen LogP) is 0.912. The molecule has 0 spiro atoms. The molecule has 5 heteroatoms. The Kier molecular flexibility index (Phi) is 3.33. The first-order chi connectivity index (χ1) is 7.72. The summed E-state index contributed by atoms with van der Waals surface area (Å²) in [4.78, 5) is 4.84. The number of piperazine rings is 1. The van der Waals surface area contributed by atoms with Gasteiger partial charge in [-0.1, -0.05) is 6.92 Å². The smallest absolute Gasteiger partial charge is 0.142 e. The molecule has 0 radical (unpaired) electrons. The van der Waals surface area contributed by atoms with Gasteiger partial charge < -0.3 is 10.6 Å². The van der Waals surface area contributed by atoms with Crippen molar-refractivity contribution in [3.63, 3.8) is 0 Å². The highest BCUT2D eigenvalue weighted by Crippen LogP contribution is 2.21. The van der Waals surface area contributed by atoms with E-state index >= 15 is 0 Å². The van der Waals surface area contributed by atoms with Crippen LogP contribution in [-0.2, 0) is 0 Å². The Hall–Kier alpha value is -1.23. The fourth-order valence-electron chi connectivity index (χ4n) is 2.20. The van der Waals surface area contributed by atoms with Crippen LogP contribution >= 0.6 is 0 Å². The number of rotatable bonds is 3. The zero-order valence-corrected chi connectivity index (χ0v) is 10.1. The van der Waals surface area contributed by atoms with Crippen LogP contribution in [0, 0.1) is 0 Å². The SMILES string of the molecule is CCC(C)N1CCN(c2cn[nH]c2N)CC1. The normalized spacial score (nSPS) is 20.0. The molecule has 0 bridgehead atoms. The Morgan fingerprint density at radius 3 is 2.62 bits per heavy atom. The molecule has 5 nitrogen and oxygen atoms in total. The van der Waals surface area contributed by atoms with Gasteiger partial charge in [0.1, 0.15) is 5.82 Å². The van der Waals surface area contributed by atoms with Gasteiger partial charge in [-0.15, -0.1) is 0 Å². The highest BCUT2D eigenvalue weighted by molar-refractivity contribution is 5.62. The number of aromatic nitrogens is 2. The number of aromatic amines is 1. The molecular weight excluding hydrogens is 202 g/mol. The summed E-state index contributed by atoms with van der Waals surface area (Å²) in [5.74, 6) is 0.678. The summed E-state index contributed by atoms with van der Waals surface area (Å²) in [5, 5.41) is 6.75. The molecule has 16 heavy (non-hydrogen) atoms. The molecule has 1 aromatic heterocycles. The van der Waals surface area contributed by atoms with Gasteiger partial charge in [0.05, 0.1) is 11.9 Å². The molecule has 1 aromatic rings. The fraction of sp³-hybridized carbons (Fsp3) is 0.727. The van der Waals surface area contributed by atoms with Crippen LogP contribution in [0.2, 0.25) is 0 Å². The number of anilines is 2. The zero-order valence-electron chi connectivity index (χ0n) is 10.1. The van der Waals surface area contributed by atoms with E-state index in [1.807, 2.05) is 6.20 Å². The van der Waals surface area contributed by atoms with Crippen molar-refractivity contribution in [3.8, 4) is 0 Å². The van der Waals surface area contributed by atoms with Gasteiger partial charge in [-0.3, -0.25) is 10.00 Å². The molecule has 1 saturated heterocycles. The first kappa shape index (κ1) is 11.3. The standard InChI is InChI=1S/C11H21N5/c1-3-9(2)15-4-6-16(7-5-15)10-8-13-14-11(10)12/h8-9H,3-7H2,1-2H3,(H3,12,13,14). The molecule has 2 heterocycles. The van der Waals surface area contributed by atoms with Gasteiger partial charge in [-0.2, -0.15) is 5.10 Å². The Morgan fingerprint density at radius 2 is 2.12 bits per heavy atom. The molecule has 0 aliphatic carbocycles. The maximum absolute atomic E-state index is 5.82. The number of hydrogen-bond acceptors (Lipinski definition) is 4. The molecule has 2 rings (SSSR count). The molecule has 1 unspecified atom stereocenters. The second kappa shape index (κ2) is 4.74. The van der Waals surface area contributed by atoms with Crippen molar-refractivity contribution >= 4 is 11.5 Å². The first-order valence-electron chi connectivity index (χ1n) is 6.00. The van der Waals surface area contributed by atoms with E-state index < -0.39 is 0 Å². The minimum absolute atomic E-state index is 0.678. The molecule has 90 valence electrons. The summed E-state index contributed by atoms with van der Waals surface area (Å²) in [6, 6.07) is 0.684. The van der Waals surface area contributed by atoms with Crippen molar-refractivity contribution in [2.24, 2.45) is 0 Å². The highest BCUT2D eigenvalue weighted by atomic mass is 15.3. The van der Waals surface area contributed by atoms with Crippen LogP contribution in [0.1, 0.15) is 20.3 Å².